The molecular formula is C38H60N4O12S. The van der Waals surface area contributed by atoms with E-state index < -0.39 is 99.7 Å². The molecule has 0 aromatic carbocycles. The minimum atomic E-state index is -4.10. The number of hydrogen-bond donors (Lipinski definition) is 3. The molecule has 4 aliphatic rings. The summed E-state index contributed by atoms with van der Waals surface area (Å²) >= 11 is 0. The maximum atomic E-state index is 14.5. The zero-order chi connectivity index (χ0) is 40.6. The number of hydrogen-bond acceptors (Lipinski definition) is 14. The van der Waals surface area contributed by atoms with Crippen LogP contribution in [0.1, 0.15) is 74.7 Å². The first-order chi connectivity index (χ1) is 25.7. The van der Waals surface area contributed by atoms with E-state index in [0.29, 0.717) is 6.42 Å². The fourth-order valence-electron chi connectivity index (χ4n) is 8.99. The molecule has 0 radical (unpaired) electrons. The Labute approximate surface area is 324 Å². The van der Waals surface area contributed by atoms with Crippen molar-refractivity contribution in [1.29, 1.82) is 0 Å². The molecule has 5 rings (SSSR count). The van der Waals surface area contributed by atoms with Crippen LogP contribution in [0.15, 0.2) is 29.4 Å². The van der Waals surface area contributed by atoms with Gasteiger partial charge in [-0.2, -0.15) is 0 Å². The molecule has 1 unspecified atom stereocenters. The Morgan fingerprint density at radius 3 is 2.44 bits per heavy atom. The summed E-state index contributed by atoms with van der Waals surface area (Å²) in [5, 5.41) is 14.4. The number of aliphatic hydroxyl groups excluding tert-OH is 1. The topological polar surface area (TPSA) is 201 Å². The number of aliphatic hydroxyl groups is 1. The maximum Gasteiger partial charge on any atom is 0.408 e. The Morgan fingerprint density at radius 2 is 1.80 bits per heavy atom. The highest BCUT2D eigenvalue weighted by atomic mass is 32.2. The standard InChI is InChI=1S/C38H60N4O12S/c1-11-28-38(8)32(40-36(46)54-38)22(4)29(43)20(2)16-37(7)33(53-35-30(44)27(42(9)10)15-21(3)51-35)23(5)31(24(6)34(45)52-28)49-18-25(19-50-37)41-55(47,48)26-13-12-14-39-17-26/h12-14,17,20-25,27-28,30-33,35,41,44H,11,15-16,18-19H2,1-10H3,(H,40,46)/t20-,21-,22+,23-,24-,25?,27+,28-,30-,31+,32+,33-,35+,37-,38-/m1/s1. The summed E-state index contributed by atoms with van der Waals surface area (Å²) in [5.41, 5.74) is -2.74. The van der Waals surface area contributed by atoms with Crippen molar-refractivity contribution in [3.05, 3.63) is 24.5 Å². The van der Waals surface area contributed by atoms with Crippen LogP contribution in [-0.4, -0.2) is 135 Å². The number of ether oxygens (including phenoxy) is 6. The lowest BCUT2D eigenvalue weighted by Crippen LogP contribution is -2.60. The highest BCUT2D eigenvalue weighted by Gasteiger charge is 2.58. The number of pyridine rings is 1. The van der Waals surface area contributed by atoms with Gasteiger partial charge in [0.2, 0.25) is 10.0 Å². The van der Waals surface area contributed by atoms with Crippen molar-refractivity contribution in [3.8, 4) is 0 Å². The highest BCUT2D eigenvalue weighted by molar-refractivity contribution is 7.89. The Balaban J connectivity index is 1.63. The molecule has 4 aliphatic heterocycles. The van der Waals surface area contributed by atoms with E-state index >= 15 is 0 Å². The molecule has 0 saturated carbocycles. The highest BCUT2D eigenvalue weighted by Crippen LogP contribution is 2.42. The molecule has 55 heavy (non-hydrogen) atoms. The molecule has 2 bridgehead atoms. The number of nitrogens with zero attached hydrogens (tertiary/aromatic N) is 2. The van der Waals surface area contributed by atoms with E-state index in [1.54, 1.807) is 41.5 Å². The van der Waals surface area contributed by atoms with Crippen molar-refractivity contribution >= 4 is 27.9 Å². The Morgan fingerprint density at radius 1 is 1.09 bits per heavy atom. The number of aromatic nitrogens is 1. The second-order valence-electron chi connectivity index (χ2n) is 16.5. The largest absolute Gasteiger partial charge is 0.458 e. The summed E-state index contributed by atoms with van der Waals surface area (Å²) in [6.07, 6.45) is -2.48. The SMILES string of the molecule is CC[C@H]1OC(=O)[C@H](C)[C@H]2OCC(NS(=O)(=O)c3cccnc3)CO[C@](C)(C[C@@H](C)C(=O)[C@H](C)[C@@H]3NC(=O)O[C@]13C)[C@H](O[C@@H]1O[C@H](C)C[C@H](N(C)C)[C@H]1O)[C@@H]2C. The molecule has 16 nitrogen and oxygen atoms in total. The van der Waals surface area contributed by atoms with E-state index in [9.17, 15) is 27.9 Å². The Kier molecular flexibility index (Phi) is 13.4. The number of fused-ring (bicyclic) bond motifs is 4. The fourth-order valence-corrected chi connectivity index (χ4v) is 10.2. The normalized spacial score (nSPS) is 42.3. The number of alkyl carbamates (subject to hydrolysis) is 1. The first-order valence-corrected chi connectivity index (χ1v) is 20.8. The van der Waals surface area contributed by atoms with Gasteiger partial charge in [-0.1, -0.05) is 27.7 Å². The summed E-state index contributed by atoms with van der Waals surface area (Å²) in [5.74, 6) is -3.99. The van der Waals surface area contributed by atoms with Crippen LogP contribution < -0.4 is 10.0 Å². The molecule has 0 aliphatic carbocycles. The van der Waals surface area contributed by atoms with Gasteiger partial charge in [0.05, 0.1) is 55.1 Å². The molecular weight excluding hydrogens is 737 g/mol. The van der Waals surface area contributed by atoms with Crippen LogP contribution in [0.25, 0.3) is 0 Å². The van der Waals surface area contributed by atoms with Crippen LogP contribution in [0.3, 0.4) is 0 Å². The molecule has 4 saturated heterocycles. The third-order valence-corrected chi connectivity index (χ3v) is 13.5. The lowest BCUT2D eigenvalue weighted by atomic mass is 9.73. The molecule has 15 atom stereocenters. The molecule has 310 valence electrons. The van der Waals surface area contributed by atoms with E-state index in [-0.39, 0.29) is 48.9 Å². The number of esters is 1. The number of cyclic esters (lactones) is 1. The number of Topliss-reactive ketones (excluding diaryl/α,β-unsaturated/α-hetero) is 1. The molecule has 3 N–H and O–H groups in total. The van der Waals surface area contributed by atoms with Gasteiger partial charge in [-0.3, -0.25) is 14.6 Å². The molecule has 5 heterocycles. The van der Waals surface area contributed by atoms with Gasteiger partial charge in [0.15, 0.2) is 11.9 Å². The van der Waals surface area contributed by atoms with Crippen LogP contribution in [0.2, 0.25) is 0 Å². The molecule has 1 aromatic heterocycles. The molecule has 1 amide bonds. The first kappa shape index (κ1) is 43.4. The predicted molar refractivity (Wildman–Crippen MR) is 198 cm³/mol. The number of carbonyl (C=O) groups is 3. The maximum absolute atomic E-state index is 14.5. The van der Waals surface area contributed by atoms with Crippen molar-refractivity contribution in [1.82, 2.24) is 19.9 Å². The van der Waals surface area contributed by atoms with E-state index in [0.717, 1.165) is 0 Å². The van der Waals surface area contributed by atoms with Gasteiger partial charge < -0.3 is 43.7 Å². The van der Waals surface area contributed by atoms with Gasteiger partial charge >= 0.3 is 12.1 Å². The fraction of sp³-hybridized carbons (Fsp3) is 0.789. The number of rotatable bonds is 7. The summed E-state index contributed by atoms with van der Waals surface area (Å²) in [6, 6.07) is 0.847. The van der Waals surface area contributed by atoms with E-state index in [2.05, 4.69) is 15.0 Å². The van der Waals surface area contributed by atoms with Gasteiger partial charge in [0.25, 0.3) is 0 Å². The van der Waals surface area contributed by atoms with E-state index in [1.165, 1.54) is 24.5 Å². The summed E-state index contributed by atoms with van der Waals surface area (Å²) in [4.78, 5) is 47.3. The van der Waals surface area contributed by atoms with Crippen molar-refractivity contribution in [2.75, 3.05) is 27.3 Å². The van der Waals surface area contributed by atoms with Crippen molar-refractivity contribution in [3.63, 3.8) is 0 Å². The number of carbonyl (C=O) groups excluding carboxylic acids is 3. The van der Waals surface area contributed by atoms with Crippen LogP contribution >= 0.6 is 0 Å². The zero-order valence-electron chi connectivity index (χ0n) is 33.6. The summed E-state index contributed by atoms with van der Waals surface area (Å²) < 4.78 is 68.2. The second kappa shape index (κ2) is 17.0. The van der Waals surface area contributed by atoms with Crippen LogP contribution in [0, 0.1) is 23.7 Å². The van der Waals surface area contributed by atoms with Crippen molar-refractivity contribution < 1.29 is 56.3 Å². The quantitative estimate of drug-likeness (QED) is 0.340. The van der Waals surface area contributed by atoms with Gasteiger partial charge in [0, 0.05) is 36.2 Å². The molecule has 1 aromatic rings. The number of amides is 1. The van der Waals surface area contributed by atoms with Gasteiger partial charge in [-0.25, -0.2) is 17.9 Å². The van der Waals surface area contributed by atoms with Crippen molar-refractivity contribution in [2.45, 2.75) is 146 Å². The number of ketones is 1. The zero-order valence-corrected chi connectivity index (χ0v) is 34.4. The van der Waals surface area contributed by atoms with Crippen LogP contribution in [-0.2, 0) is 48.0 Å². The molecule has 0 spiro atoms. The van der Waals surface area contributed by atoms with E-state index in [1.807, 2.05) is 32.8 Å². The summed E-state index contributed by atoms with van der Waals surface area (Å²) in [7, 11) is -0.366. The van der Waals surface area contributed by atoms with Crippen molar-refractivity contribution in [2.24, 2.45) is 23.7 Å². The Bertz CT molecular complexity index is 1640. The minimum absolute atomic E-state index is 0.0562. The third-order valence-electron chi connectivity index (χ3n) is 12.0. The van der Waals surface area contributed by atoms with E-state index in [4.69, 9.17) is 28.4 Å². The number of sulfonamides is 1. The third kappa shape index (κ3) is 9.03. The lowest BCUT2D eigenvalue weighted by molar-refractivity contribution is -0.302. The molecule has 17 heteroatoms. The molecule has 4 fully saturated rings. The monoisotopic (exact) mass is 796 g/mol. The number of likely N-dealkylation sites (N-methyl/N-ethyl adjacent to an activating group) is 1. The lowest BCUT2D eigenvalue weighted by Gasteiger charge is -2.48. The van der Waals surface area contributed by atoms with Gasteiger partial charge in [-0.15, -0.1) is 0 Å². The minimum Gasteiger partial charge on any atom is -0.458 e. The van der Waals surface area contributed by atoms with Crippen LogP contribution in [0.5, 0.6) is 0 Å². The van der Waals surface area contributed by atoms with Gasteiger partial charge in [-0.05, 0) is 73.2 Å². The average molecular weight is 797 g/mol. The van der Waals surface area contributed by atoms with Crippen LogP contribution in [0.4, 0.5) is 4.79 Å². The second-order valence-corrected chi connectivity index (χ2v) is 18.2. The summed E-state index contributed by atoms with van der Waals surface area (Å²) in [6.45, 7) is 13.7. The predicted octanol–water partition coefficient (Wildman–Crippen LogP) is 2.42. The number of nitrogens with one attached hydrogen (secondary N) is 2. The average Bonchev–Trinajstić information content (AvgIpc) is 3.46. The smallest absolute Gasteiger partial charge is 0.408 e. The van der Waals surface area contributed by atoms with Gasteiger partial charge in [0.1, 0.15) is 22.9 Å². The Hall–Kier alpha value is -2.77. The first-order valence-electron chi connectivity index (χ1n) is 19.3.